The Balaban J connectivity index is 5.83. The summed E-state index contributed by atoms with van der Waals surface area (Å²) in [5.41, 5.74) is 0. The summed E-state index contributed by atoms with van der Waals surface area (Å²) in [6.45, 7) is 11.1. The van der Waals surface area contributed by atoms with E-state index in [-0.39, 0.29) is 11.9 Å². The van der Waals surface area contributed by atoms with Gasteiger partial charge < -0.3 is 0 Å². The van der Waals surface area contributed by atoms with Crippen LogP contribution in [0.25, 0.3) is 0 Å². The first-order chi connectivity index (χ1) is 14.5. The SMILES string of the molecule is CCCCCCP(CCCC)(CCCC)(CCCC)OC(=O)C(CC)CCCCC. The molecule has 0 radical (unpaired) electrons. The molecule has 0 aromatic carbocycles. The summed E-state index contributed by atoms with van der Waals surface area (Å²) in [6.07, 6.45) is 22.7. The van der Waals surface area contributed by atoms with Crippen LogP contribution in [-0.4, -0.2) is 30.6 Å². The molecule has 0 N–H and O–H groups in total. The van der Waals surface area contributed by atoms with E-state index in [4.69, 9.17) is 4.52 Å². The maximum absolute atomic E-state index is 13.6. The number of hydrogen-bond acceptors (Lipinski definition) is 2. The van der Waals surface area contributed by atoms with Crippen LogP contribution in [0.1, 0.15) is 138 Å². The molecule has 2 nitrogen and oxygen atoms in total. The van der Waals surface area contributed by atoms with E-state index >= 15 is 0 Å². The number of unbranched alkanes of at least 4 members (excludes halogenated alkanes) is 8. The summed E-state index contributed by atoms with van der Waals surface area (Å²) in [4.78, 5) is 13.6. The van der Waals surface area contributed by atoms with Gasteiger partial charge in [-0.3, -0.25) is 0 Å². The second-order valence-corrected chi connectivity index (χ2v) is 15.6. The van der Waals surface area contributed by atoms with Gasteiger partial charge in [-0.1, -0.05) is 0 Å². The maximum atomic E-state index is 13.6. The quantitative estimate of drug-likeness (QED) is 0.130. The molecule has 0 amide bonds. The summed E-state index contributed by atoms with van der Waals surface area (Å²) in [5.74, 6) is 0.281. The number of hydrogen-bond donors (Lipinski definition) is 0. The molecule has 1 atom stereocenters. The van der Waals surface area contributed by atoms with Crippen molar-refractivity contribution in [3.8, 4) is 0 Å². The van der Waals surface area contributed by atoms with Crippen molar-refractivity contribution >= 4 is 12.8 Å². The van der Waals surface area contributed by atoms with Crippen LogP contribution in [0.15, 0.2) is 0 Å². The second kappa shape index (κ2) is 17.5. The van der Waals surface area contributed by atoms with Gasteiger partial charge in [0.05, 0.1) is 0 Å². The van der Waals surface area contributed by atoms with Crippen molar-refractivity contribution in [2.75, 3.05) is 24.6 Å². The molecule has 182 valence electrons. The summed E-state index contributed by atoms with van der Waals surface area (Å²) >= 11 is 0. The summed E-state index contributed by atoms with van der Waals surface area (Å²) in [6, 6.07) is 0. The average Bonchev–Trinajstić information content (AvgIpc) is 2.76. The molecule has 0 aromatic rings. The fraction of sp³-hybridized carbons (Fsp3) is 0.963. The molecule has 0 rings (SSSR count). The Hall–Kier alpha value is -0.100. The molecule has 0 aliphatic heterocycles. The van der Waals surface area contributed by atoms with Crippen LogP contribution < -0.4 is 0 Å². The van der Waals surface area contributed by atoms with Crippen molar-refractivity contribution in [2.24, 2.45) is 5.92 Å². The van der Waals surface area contributed by atoms with Gasteiger partial charge in [-0.2, -0.15) is 0 Å². The van der Waals surface area contributed by atoms with Crippen LogP contribution in [0.3, 0.4) is 0 Å². The van der Waals surface area contributed by atoms with Crippen LogP contribution in [0, 0.1) is 5.92 Å². The van der Waals surface area contributed by atoms with Crippen LogP contribution >= 0.6 is 6.83 Å². The third kappa shape index (κ3) is 11.0. The summed E-state index contributed by atoms with van der Waals surface area (Å²) in [5, 5.41) is 0. The Morgan fingerprint density at radius 1 is 0.600 bits per heavy atom. The minimum atomic E-state index is -2.50. The molecule has 0 aliphatic rings. The normalized spacial score (nSPS) is 14.3. The van der Waals surface area contributed by atoms with Gasteiger partial charge >= 0.3 is 191 Å². The zero-order chi connectivity index (χ0) is 22.7. The standard InChI is InChI=1S/C27H57O2P/c1-7-13-18-20-25-30(22-15-9-3,23-16-10-4,24-17-11-5)29-27(28)26(12-6)21-19-14-8-2/h26H,7-25H2,1-6H3. The number of carbonyl (C=O) groups excluding carboxylic acids is 1. The molecule has 0 spiro atoms. The predicted molar refractivity (Wildman–Crippen MR) is 139 cm³/mol. The minimum absolute atomic E-state index is 0.110. The summed E-state index contributed by atoms with van der Waals surface area (Å²) < 4.78 is 6.99. The topological polar surface area (TPSA) is 26.3 Å². The summed E-state index contributed by atoms with van der Waals surface area (Å²) in [7, 11) is 0. The van der Waals surface area contributed by atoms with Crippen molar-refractivity contribution in [3.63, 3.8) is 0 Å². The van der Waals surface area contributed by atoms with Crippen molar-refractivity contribution < 1.29 is 9.32 Å². The van der Waals surface area contributed by atoms with Gasteiger partial charge in [-0.25, -0.2) is 0 Å². The van der Waals surface area contributed by atoms with E-state index in [1.165, 1.54) is 102 Å². The Labute approximate surface area is 190 Å². The molecule has 30 heavy (non-hydrogen) atoms. The molecule has 0 aromatic heterocycles. The number of rotatable bonds is 21. The van der Waals surface area contributed by atoms with Gasteiger partial charge in [-0.05, 0) is 0 Å². The Morgan fingerprint density at radius 3 is 1.47 bits per heavy atom. The zero-order valence-corrected chi connectivity index (χ0v) is 22.7. The first-order valence-electron chi connectivity index (χ1n) is 13.7. The fourth-order valence-electron chi connectivity index (χ4n) is 4.92. The van der Waals surface area contributed by atoms with E-state index in [2.05, 4.69) is 41.5 Å². The molecule has 0 fully saturated rings. The van der Waals surface area contributed by atoms with Gasteiger partial charge in [0.2, 0.25) is 0 Å². The van der Waals surface area contributed by atoms with Gasteiger partial charge in [0.15, 0.2) is 0 Å². The molecular formula is C27H57O2P. The van der Waals surface area contributed by atoms with Crippen molar-refractivity contribution in [1.29, 1.82) is 0 Å². The van der Waals surface area contributed by atoms with Crippen LogP contribution in [0.4, 0.5) is 0 Å². The number of carbonyl (C=O) groups is 1. The van der Waals surface area contributed by atoms with Crippen LogP contribution in [-0.2, 0) is 9.32 Å². The fourth-order valence-corrected chi connectivity index (χ4v) is 11.7. The Kier molecular flexibility index (Phi) is 17.4. The first-order valence-corrected chi connectivity index (χ1v) is 16.6. The Bertz CT molecular complexity index is 397. The average molecular weight is 445 g/mol. The third-order valence-corrected chi connectivity index (χ3v) is 13.6. The second-order valence-electron chi connectivity index (χ2n) is 9.89. The molecule has 0 heterocycles. The molecule has 0 bridgehead atoms. The molecular weight excluding hydrogens is 387 g/mol. The monoisotopic (exact) mass is 444 g/mol. The molecule has 0 saturated carbocycles. The van der Waals surface area contributed by atoms with Crippen LogP contribution in [0.2, 0.25) is 0 Å². The third-order valence-electron chi connectivity index (χ3n) is 7.14. The van der Waals surface area contributed by atoms with Gasteiger partial charge in [0.25, 0.3) is 0 Å². The van der Waals surface area contributed by atoms with E-state index in [1.54, 1.807) is 0 Å². The first kappa shape index (κ1) is 29.9. The van der Waals surface area contributed by atoms with E-state index in [0.717, 1.165) is 19.3 Å². The molecule has 0 saturated heterocycles. The van der Waals surface area contributed by atoms with Gasteiger partial charge in [0, 0.05) is 0 Å². The van der Waals surface area contributed by atoms with E-state index in [1.807, 2.05) is 0 Å². The van der Waals surface area contributed by atoms with E-state index < -0.39 is 6.83 Å². The van der Waals surface area contributed by atoms with E-state index in [9.17, 15) is 4.79 Å². The van der Waals surface area contributed by atoms with Crippen molar-refractivity contribution in [1.82, 2.24) is 0 Å². The van der Waals surface area contributed by atoms with Crippen molar-refractivity contribution in [2.45, 2.75) is 138 Å². The van der Waals surface area contributed by atoms with Crippen LogP contribution in [0.5, 0.6) is 0 Å². The van der Waals surface area contributed by atoms with E-state index in [0.29, 0.717) is 0 Å². The molecule has 0 aliphatic carbocycles. The zero-order valence-electron chi connectivity index (χ0n) is 21.8. The molecule has 1 unspecified atom stereocenters. The van der Waals surface area contributed by atoms with Crippen molar-refractivity contribution in [3.05, 3.63) is 0 Å². The molecule has 3 heteroatoms. The predicted octanol–water partition coefficient (Wildman–Crippen LogP) is 9.58. The van der Waals surface area contributed by atoms with Gasteiger partial charge in [0.1, 0.15) is 0 Å². The Morgan fingerprint density at radius 2 is 1.03 bits per heavy atom. The van der Waals surface area contributed by atoms with Gasteiger partial charge in [-0.15, -0.1) is 0 Å².